The van der Waals surface area contributed by atoms with Gasteiger partial charge in [0.15, 0.2) is 0 Å². The molecule has 0 spiro atoms. The van der Waals surface area contributed by atoms with E-state index in [0.717, 1.165) is 0 Å². The van der Waals surface area contributed by atoms with Crippen LogP contribution in [0, 0.1) is 27.8 Å². The Hall–Kier alpha value is -3.85. The number of non-ortho nitro benzene ring substituents is 1. The summed E-state index contributed by atoms with van der Waals surface area (Å²) >= 11 is 0. The fraction of sp³-hybridized carbons (Fsp3) is 0.333. The first-order valence-corrected chi connectivity index (χ1v) is 11.9. The third kappa shape index (κ3) is 3.15. The van der Waals surface area contributed by atoms with E-state index in [1.54, 1.807) is 24.3 Å². The molecule has 3 heterocycles. The lowest BCUT2D eigenvalue weighted by molar-refractivity contribution is -0.383. The molecule has 0 radical (unpaired) electrons. The normalized spacial score (nSPS) is 28.7. The Balaban J connectivity index is 1.34. The average molecular weight is 490 g/mol. The predicted molar refractivity (Wildman–Crippen MR) is 128 cm³/mol. The van der Waals surface area contributed by atoms with Crippen LogP contribution in [0.1, 0.15) is 26.2 Å². The Morgan fingerprint density at radius 3 is 2.44 bits per heavy atom. The molecule has 3 aliphatic rings. The van der Waals surface area contributed by atoms with Gasteiger partial charge in [-0.1, -0.05) is 18.2 Å². The topological polar surface area (TPSA) is 99.0 Å². The molecule has 184 valence electrons. The number of amides is 2. The molecule has 6 rings (SSSR count). The summed E-state index contributed by atoms with van der Waals surface area (Å²) in [6, 6.07) is 15.2. The van der Waals surface area contributed by atoms with Crippen molar-refractivity contribution in [2.45, 2.75) is 37.4 Å². The minimum atomic E-state index is -0.850. The van der Waals surface area contributed by atoms with Crippen molar-refractivity contribution in [3.8, 4) is 5.75 Å². The van der Waals surface area contributed by atoms with Crippen LogP contribution in [-0.4, -0.2) is 34.5 Å². The fourth-order valence-corrected chi connectivity index (χ4v) is 6.34. The van der Waals surface area contributed by atoms with Gasteiger partial charge in [-0.25, -0.2) is 9.29 Å². The molecule has 2 amide bonds. The van der Waals surface area contributed by atoms with Crippen LogP contribution in [-0.2, 0) is 14.3 Å². The highest BCUT2D eigenvalue weighted by atomic mass is 19.1. The third-order valence-corrected chi connectivity index (χ3v) is 7.94. The van der Waals surface area contributed by atoms with Crippen LogP contribution >= 0.6 is 0 Å². The Morgan fingerprint density at radius 1 is 1.03 bits per heavy atom. The first-order valence-electron chi connectivity index (χ1n) is 11.9. The first kappa shape index (κ1) is 22.6. The van der Waals surface area contributed by atoms with Gasteiger partial charge in [-0.15, -0.1) is 0 Å². The molecule has 3 saturated heterocycles. The van der Waals surface area contributed by atoms with Crippen molar-refractivity contribution in [3.63, 3.8) is 0 Å². The number of nitro groups is 1. The number of fused-ring (bicyclic) bond motifs is 6. The van der Waals surface area contributed by atoms with Crippen LogP contribution < -0.4 is 9.64 Å². The second-order valence-electron chi connectivity index (χ2n) is 9.91. The van der Waals surface area contributed by atoms with Gasteiger partial charge in [0.25, 0.3) is 5.69 Å². The number of hydrogen-bond acceptors (Lipinski definition) is 6. The molecule has 0 aliphatic carbocycles. The van der Waals surface area contributed by atoms with Gasteiger partial charge < -0.3 is 9.47 Å². The molecule has 3 aliphatic heterocycles. The molecule has 2 bridgehead atoms. The van der Waals surface area contributed by atoms with Gasteiger partial charge >= 0.3 is 0 Å². The number of halogens is 1. The highest BCUT2D eigenvalue weighted by Gasteiger charge is 2.73. The zero-order valence-electron chi connectivity index (χ0n) is 19.5. The number of hydrogen-bond donors (Lipinski definition) is 0. The molecule has 3 aromatic carbocycles. The standard InChI is InChI=1S/C27H23FN2O6/c1-26-12-13-27(36-26,14-15-35-17-8-6-16(28)7-9-17)23-22(26)24(31)29(25(23)32)20-10-11-21(30(33)34)19-5-3-2-4-18(19)20/h2-11,22-23H,12-15H2,1H3/t22-,23+,26-,27-/m1/s1. The van der Waals surface area contributed by atoms with Crippen molar-refractivity contribution in [3.05, 3.63) is 76.6 Å². The lowest BCUT2D eigenvalue weighted by atomic mass is 9.67. The van der Waals surface area contributed by atoms with E-state index < -0.39 is 28.0 Å². The van der Waals surface area contributed by atoms with Crippen molar-refractivity contribution < 1.29 is 28.4 Å². The van der Waals surface area contributed by atoms with E-state index in [9.17, 15) is 24.1 Å². The Labute approximate surface area is 205 Å². The molecule has 3 fully saturated rings. The number of rotatable bonds is 6. The Bertz CT molecular complexity index is 1430. The maximum atomic E-state index is 13.9. The molecule has 9 heteroatoms. The van der Waals surface area contributed by atoms with Gasteiger partial charge in [0.1, 0.15) is 11.6 Å². The zero-order chi connectivity index (χ0) is 25.2. The molecule has 8 nitrogen and oxygen atoms in total. The largest absolute Gasteiger partial charge is 0.493 e. The molecular formula is C27H23FN2O6. The molecule has 0 N–H and O–H groups in total. The van der Waals surface area contributed by atoms with E-state index in [1.807, 2.05) is 6.92 Å². The molecule has 3 aromatic rings. The summed E-state index contributed by atoms with van der Waals surface area (Å²) in [6.07, 6.45) is 1.65. The Morgan fingerprint density at radius 2 is 1.72 bits per heavy atom. The van der Waals surface area contributed by atoms with Gasteiger partial charge in [-0.3, -0.25) is 19.7 Å². The molecular weight excluding hydrogens is 467 g/mol. The maximum Gasteiger partial charge on any atom is 0.277 e. The van der Waals surface area contributed by atoms with Crippen molar-refractivity contribution in [1.82, 2.24) is 0 Å². The number of carbonyl (C=O) groups excluding carboxylic acids is 2. The highest BCUT2D eigenvalue weighted by Crippen LogP contribution is 2.62. The van der Waals surface area contributed by atoms with Crippen LogP contribution in [0.5, 0.6) is 5.75 Å². The monoisotopic (exact) mass is 490 g/mol. The van der Waals surface area contributed by atoms with Crippen LogP contribution in [0.15, 0.2) is 60.7 Å². The maximum absolute atomic E-state index is 13.9. The summed E-state index contributed by atoms with van der Waals surface area (Å²) in [6.45, 7) is 2.12. The van der Waals surface area contributed by atoms with E-state index in [0.29, 0.717) is 41.5 Å². The predicted octanol–water partition coefficient (Wildman–Crippen LogP) is 4.78. The summed E-state index contributed by atoms with van der Waals surface area (Å²) in [5.41, 5.74) is -1.37. The van der Waals surface area contributed by atoms with E-state index in [2.05, 4.69) is 0 Å². The van der Waals surface area contributed by atoms with Gasteiger partial charge in [0.2, 0.25) is 11.8 Å². The number of imide groups is 1. The van der Waals surface area contributed by atoms with E-state index in [4.69, 9.17) is 9.47 Å². The molecule has 36 heavy (non-hydrogen) atoms. The highest BCUT2D eigenvalue weighted by molar-refractivity contribution is 6.26. The lowest BCUT2D eigenvalue weighted by Crippen LogP contribution is -2.43. The van der Waals surface area contributed by atoms with Gasteiger partial charge in [0.05, 0.1) is 45.6 Å². The van der Waals surface area contributed by atoms with Gasteiger partial charge in [0, 0.05) is 17.9 Å². The summed E-state index contributed by atoms with van der Waals surface area (Å²) in [4.78, 5) is 39.9. The number of carbonyl (C=O) groups is 2. The Kier molecular flexibility index (Phi) is 4.91. The van der Waals surface area contributed by atoms with Gasteiger partial charge in [-0.05, 0) is 56.2 Å². The second-order valence-corrected chi connectivity index (χ2v) is 9.91. The van der Waals surface area contributed by atoms with E-state index >= 15 is 0 Å². The second kappa shape index (κ2) is 7.83. The first-order chi connectivity index (χ1) is 17.2. The summed E-state index contributed by atoms with van der Waals surface area (Å²) in [7, 11) is 0. The minimum Gasteiger partial charge on any atom is -0.493 e. The number of ether oxygens (including phenoxy) is 2. The zero-order valence-corrected chi connectivity index (χ0v) is 19.5. The molecule has 0 saturated carbocycles. The number of benzene rings is 3. The number of nitrogens with zero attached hydrogens (tertiary/aromatic N) is 2. The van der Waals surface area contributed by atoms with E-state index in [-0.39, 0.29) is 29.9 Å². The van der Waals surface area contributed by atoms with E-state index in [1.165, 1.54) is 41.3 Å². The van der Waals surface area contributed by atoms with Crippen LogP contribution in [0.2, 0.25) is 0 Å². The van der Waals surface area contributed by atoms with Crippen LogP contribution in [0.3, 0.4) is 0 Å². The number of nitro benzene ring substituents is 1. The van der Waals surface area contributed by atoms with Crippen molar-refractivity contribution in [1.29, 1.82) is 0 Å². The SMILES string of the molecule is C[C@]12CC[C@](CCOc3ccc(F)cc3)(O1)[C@@H]1C(=O)N(c3ccc([N+](=O)[O-])c4ccccc34)C(=O)[C@@H]12. The van der Waals surface area contributed by atoms with Crippen molar-refractivity contribution >= 4 is 34.0 Å². The third-order valence-electron chi connectivity index (χ3n) is 7.94. The number of anilines is 1. The van der Waals surface area contributed by atoms with Crippen LogP contribution in [0.4, 0.5) is 15.8 Å². The smallest absolute Gasteiger partial charge is 0.277 e. The minimum absolute atomic E-state index is 0.0848. The molecule has 0 aromatic heterocycles. The van der Waals surface area contributed by atoms with Crippen molar-refractivity contribution in [2.24, 2.45) is 11.8 Å². The summed E-state index contributed by atoms with van der Waals surface area (Å²) < 4.78 is 25.4. The average Bonchev–Trinajstić information content (AvgIpc) is 3.44. The lowest BCUT2D eigenvalue weighted by Gasteiger charge is -2.31. The summed E-state index contributed by atoms with van der Waals surface area (Å²) in [5.74, 6) is -1.85. The molecule has 4 atom stereocenters. The summed E-state index contributed by atoms with van der Waals surface area (Å²) in [5, 5.41) is 12.4. The fourth-order valence-electron chi connectivity index (χ4n) is 6.34. The van der Waals surface area contributed by atoms with Crippen molar-refractivity contribution in [2.75, 3.05) is 11.5 Å². The molecule has 0 unspecified atom stereocenters. The van der Waals surface area contributed by atoms with Gasteiger partial charge in [-0.2, -0.15) is 0 Å². The van der Waals surface area contributed by atoms with Crippen LogP contribution in [0.25, 0.3) is 10.8 Å². The quantitative estimate of drug-likeness (QED) is 0.280.